The highest BCUT2D eigenvalue weighted by molar-refractivity contribution is 4.99. The summed E-state index contributed by atoms with van der Waals surface area (Å²) in [5, 5.41) is 0. The molecule has 0 amide bonds. The number of ether oxygens (including phenoxy) is 1. The molecule has 0 aliphatic carbocycles. The van der Waals surface area contributed by atoms with Crippen molar-refractivity contribution in [1.82, 2.24) is 9.80 Å². The van der Waals surface area contributed by atoms with Crippen LogP contribution in [0.4, 0.5) is 0 Å². The van der Waals surface area contributed by atoms with Crippen molar-refractivity contribution in [2.24, 2.45) is 5.73 Å². The Bertz CT molecular complexity index is 274. The Hall–Kier alpha value is -0.160. The molecule has 2 fully saturated rings. The molecule has 4 unspecified atom stereocenters. The summed E-state index contributed by atoms with van der Waals surface area (Å²) in [7, 11) is 2.23. The van der Waals surface area contributed by atoms with Gasteiger partial charge in [0.05, 0.1) is 6.10 Å². The maximum absolute atomic E-state index is 6.15. The second-order valence-electron chi connectivity index (χ2n) is 6.33. The van der Waals surface area contributed by atoms with E-state index in [9.17, 15) is 0 Å². The van der Waals surface area contributed by atoms with E-state index in [-0.39, 0.29) is 5.54 Å². The Labute approximate surface area is 111 Å². The summed E-state index contributed by atoms with van der Waals surface area (Å²) in [6.45, 7) is 10.7. The first-order valence-corrected chi connectivity index (χ1v) is 7.27. The third-order valence-electron chi connectivity index (χ3n) is 5.05. The zero-order valence-corrected chi connectivity index (χ0v) is 12.4. The fourth-order valence-corrected chi connectivity index (χ4v) is 3.54. The first-order chi connectivity index (χ1) is 8.48. The molecule has 0 aromatic rings. The van der Waals surface area contributed by atoms with Crippen LogP contribution in [0, 0.1) is 0 Å². The molecule has 0 bridgehead atoms. The van der Waals surface area contributed by atoms with Gasteiger partial charge in [-0.25, -0.2) is 0 Å². The zero-order valence-electron chi connectivity index (χ0n) is 12.4. The second-order valence-corrected chi connectivity index (χ2v) is 6.33. The van der Waals surface area contributed by atoms with Crippen molar-refractivity contribution in [3.05, 3.63) is 0 Å². The molecular formula is C14H29N3O. The van der Waals surface area contributed by atoms with Gasteiger partial charge in [0.2, 0.25) is 0 Å². The van der Waals surface area contributed by atoms with Gasteiger partial charge in [-0.3, -0.25) is 9.80 Å². The first-order valence-electron chi connectivity index (χ1n) is 7.27. The van der Waals surface area contributed by atoms with Gasteiger partial charge in [-0.15, -0.1) is 0 Å². The molecule has 2 aliphatic rings. The van der Waals surface area contributed by atoms with Crippen LogP contribution in [0.15, 0.2) is 0 Å². The van der Waals surface area contributed by atoms with E-state index in [1.165, 1.54) is 0 Å². The van der Waals surface area contributed by atoms with E-state index < -0.39 is 0 Å². The van der Waals surface area contributed by atoms with E-state index in [1.54, 1.807) is 0 Å². The molecule has 2 rings (SSSR count). The lowest BCUT2D eigenvalue weighted by Gasteiger charge is -2.53. The fraction of sp³-hybridized carbons (Fsp3) is 1.00. The molecule has 2 heterocycles. The Morgan fingerprint density at radius 2 is 1.83 bits per heavy atom. The monoisotopic (exact) mass is 255 g/mol. The molecule has 2 N–H and O–H groups in total. The summed E-state index contributed by atoms with van der Waals surface area (Å²) in [6.07, 6.45) is 2.50. The predicted octanol–water partition coefficient (Wildman–Crippen LogP) is 0.907. The van der Waals surface area contributed by atoms with Crippen molar-refractivity contribution in [3.63, 3.8) is 0 Å². The molecule has 4 atom stereocenters. The quantitative estimate of drug-likeness (QED) is 0.796. The van der Waals surface area contributed by atoms with Crippen LogP contribution in [0.25, 0.3) is 0 Å². The van der Waals surface area contributed by atoms with Crippen molar-refractivity contribution < 1.29 is 4.74 Å². The van der Waals surface area contributed by atoms with Crippen LogP contribution in [0.5, 0.6) is 0 Å². The van der Waals surface area contributed by atoms with Gasteiger partial charge in [-0.2, -0.15) is 0 Å². The van der Waals surface area contributed by atoms with Gasteiger partial charge in [-0.05, 0) is 40.7 Å². The van der Waals surface area contributed by atoms with Gasteiger partial charge in [-0.1, -0.05) is 0 Å². The van der Waals surface area contributed by atoms with Crippen LogP contribution < -0.4 is 5.73 Å². The number of likely N-dealkylation sites (N-methyl/N-ethyl adjacent to an activating group) is 1. The molecular weight excluding hydrogens is 226 g/mol. The highest BCUT2D eigenvalue weighted by atomic mass is 16.5. The topological polar surface area (TPSA) is 41.7 Å². The van der Waals surface area contributed by atoms with Crippen LogP contribution in [-0.2, 0) is 4.74 Å². The number of rotatable bonds is 2. The number of hydrogen-bond donors (Lipinski definition) is 1. The van der Waals surface area contributed by atoms with Crippen molar-refractivity contribution in [2.45, 2.75) is 57.3 Å². The van der Waals surface area contributed by atoms with Crippen molar-refractivity contribution >= 4 is 0 Å². The van der Waals surface area contributed by atoms with E-state index in [2.05, 4.69) is 37.6 Å². The van der Waals surface area contributed by atoms with Gasteiger partial charge in [0.1, 0.15) is 0 Å². The second kappa shape index (κ2) is 5.45. The van der Waals surface area contributed by atoms with Gasteiger partial charge in [0, 0.05) is 43.9 Å². The summed E-state index contributed by atoms with van der Waals surface area (Å²) in [4.78, 5) is 5.12. The lowest BCUT2D eigenvalue weighted by Crippen LogP contribution is -2.66. The molecule has 4 nitrogen and oxygen atoms in total. The summed E-state index contributed by atoms with van der Waals surface area (Å²) in [5.74, 6) is 0. The molecule has 0 aromatic heterocycles. The van der Waals surface area contributed by atoms with Crippen LogP contribution in [0.2, 0.25) is 0 Å². The van der Waals surface area contributed by atoms with Crippen LogP contribution >= 0.6 is 0 Å². The average Bonchev–Trinajstić information content (AvgIpc) is 2.35. The molecule has 2 saturated heterocycles. The highest BCUT2D eigenvalue weighted by Crippen LogP contribution is 2.32. The fourth-order valence-electron chi connectivity index (χ4n) is 3.54. The average molecular weight is 255 g/mol. The Morgan fingerprint density at radius 3 is 2.33 bits per heavy atom. The summed E-state index contributed by atoms with van der Waals surface area (Å²) >= 11 is 0. The van der Waals surface area contributed by atoms with Crippen molar-refractivity contribution in [2.75, 3.05) is 33.3 Å². The predicted molar refractivity (Wildman–Crippen MR) is 74.7 cm³/mol. The molecule has 4 heteroatoms. The highest BCUT2D eigenvalue weighted by Gasteiger charge is 2.43. The lowest BCUT2D eigenvalue weighted by molar-refractivity contribution is -0.0895. The van der Waals surface area contributed by atoms with Crippen LogP contribution in [0.1, 0.15) is 33.6 Å². The van der Waals surface area contributed by atoms with Crippen molar-refractivity contribution in [1.29, 1.82) is 0 Å². The molecule has 0 spiro atoms. The van der Waals surface area contributed by atoms with Gasteiger partial charge < -0.3 is 10.5 Å². The van der Waals surface area contributed by atoms with Gasteiger partial charge in [0.25, 0.3) is 0 Å². The minimum atomic E-state index is 0.168. The number of hydrogen-bond acceptors (Lipinski definition) is 4. The van der Waals surface area contributed by atoms with E-state index in [0.717, 1.165) is 39.1 Å². The Kier molecular flexibility index (Phi) is 4.32. The van der Waals surface area contributed by atoms with E-state index in [4.69, 9.17) is 10.5 Å². The minimum Gasteiger partial charge on any atom is -0.378 e. The van der Waals surface area contributed by atoms with E-state index >= 15 is 0 Å². The lowest BCUT2D eigenvalue weighted by atomic mass is 9.83. The third-order valence-corrected chi connectivity index (χ3v) is 5.05. The first kappa shape index (κ1) is 14.3. The summed E-state index contributed by atoms with van der Waals surface area (Å²) < 4.78 is 5.71. The molecule has 2 aliphatic heterocycles. The SMILES string of the molecule is CC1CC(CN)(N2CC(C)N(C)C(C)C2)CCO1. The molecule has 0 aromatic carbocycles. The van der Waals surface area contributed by atoms with Crippen LogP contribution in [0.3, 0.4) is 0 Å². The Balaban J connectivity index is 2.12. The summed E-state index contributed by atoms with van der Waals surface area (Å²) in [5.41, 5.74) is 6.31. The normalized spacial score (nSPS) is 44.2. The van der Waals surface area contributed by atoms with Gasteiger partial charge >= 0.3 is 0 Å². The minimum absolute atomic E-state index is 0.168. The summed E-state index contributed by atoms with van der Waals surface area (Å²) in [6, 6.07) is 1.21. The largest absolute Gasteiger partial charge is 0.378 e. The third kappa shape index (κ3) is 2.57. The van der Waals surface area contributed by atoms with E-state index in [0.29, 0.717) is 18.2 Å². The van der Waals surface area contributed by atoms with Gasteiger partial charge in [0.15, 0.2) is 0 Å². The van der Waals surface area contributed by atoms with Crippen molar-refractivity contribution in [3.8, 4) is 0 Å². The molecule has 0 saturated carbocycles. The Morgan fingerprint density at radius 1 is 1.22 bits per heavy atom. The standard InChI is InChI=1S/C14H29N3O/c1-11-8-17(9-12(2)16(11)4)14(10-15)5-6-18-13(3)7-14/h11-13H,5-10,15H2,1-4H3. The maximum atomic E-state index is 6.15. The smallest absolute Gasteiger partial charge is 0.0565 e. The number of piperazine rings is 1. The number of nitrogens with zero attached hydrogens (tertiary/aromatic N) is 2. The zero-order chi connectivity index (χ0) is 13.3. The molecule has 18 heavy (non-hydrogen) atoms. The molecule has 106 valence electrons. The van der Waals surface area contributed by atoms with E-state index in [1.807, 2.05) is 0 Å². The molecule has 0 radical (unpaired) electrons. The maximum Gasteiger partial charge on any atom is 0.0565 e. The number of nitrogens with two attached hydrogens (primary N) is 1. The van der Waals surface area contributed by atoms with Crippen LogP contribution in [-0.4, -0.2) is 66.8 Å².